The van der Waals surface area contributed by atoms with Gasteiger partial charge < -0.3 is 20.3 Å². The maximum atomic E-state index is 11.1. The summed E-state index contributed by atoms with van der Waals surface area (Å²) < 4.78 is 5.00. The van der Waals surface area contributed by atoms with Gasteiger partial charge in [-0.05, 0) is 12.8 Å². The van der Waals surface area contributed by atoms with Gasteiger partial charge in [0.05, 0.1) is 19.8 Å². The van der Waals surface area contributed by atoms with Gasteiger partial charge in [-0.1, -0.05) is 39.7 Å². The molecule has 120 valence electrons. The van der Waals surface area contributed by atoms with Crippen LogP contribution in [0.25, 0.3) is 0 Å². The summed E-state index contributed by atoms with van der Waals surface area (Å²) in [5.74, 6) is -0.237. The number of unbranched alkanes of at least 4 members (excludes halogenated alkanes) is 3. The van der Waals surface area contributed by atoms with E-state index in [1.54, 1.807) is 0 Å². The zero-order valence-electron chi connectivity index (χ0n) is 13.0. The second-order valence-electron chi connectivity index (χ2n) is 4.35. The lowest BCUT2D eigenvalue weighted by Crippen LogP contribution is -2.21. The van der Waals surface area contributed by atoms with Crippen LogP contribution in [0.2, 0.25) is 0 Å². The van der Waals surface area contributed by atoms with Crippen LogP contribution in [0.4, 0.5) is 0 Å². The number of aliphatic hydroxyl groups excluding tert-OH is 2. The van der Waals surface area contributed by atoms with Crippen molar-refractivity contribution in [3.8, 4) is 0 Å². The molecule has 0 aliphatic heterocycles. The number of aliphatic hydroxyl groups is 2. The van der Waals surface area contributed by atoms with Crippen LogP contribution in [0.15, 0.2) is 12.2 Å². The topological polar surface area (TPSA) is 78.8 Å². The molecule has 3 N–H and O–H groups in total. The van der Waals surface area contributed by atoms with Crippen molar-refractivity contribution in [2.45, 2.75) is 46.0 Å². The van der Waals surface area contributed by atoms with Crippen molar-refractivity contribution in [3.05, 3.63) is 12.2 Å². The molecule has 0 unspecified atom stereocenters. The van der Waals surface area contributed by atoms with Gasteiger partial charge in [0, 0.05) is 18.7 Å². The summed E-state index contributed by atoms with van der Waals surface area (Å²) >= 11 is 0. The largest absolute Gasteiger partial charge is 0.462 e. The lowest BCUT2D eigenvalue weighted by molar-refractivity contribution is -0.139. The molecule has 0 heterocycles. The molecule has 0 fully saturated rings. The Hall–Kier alpha value is -0.910. The number of carbonyl (C=O) groups excluding carboxylic acids is 1. The van der Waals surface area contributed by atoms with Crippen LogP contribution < -0.4 is 5.32 Å². The monoisotopic (exact) mass is 289 g/mol. The van der Waals surface area contributed by atoms with Crippen molar-refractivity contribution >= 4 is 5.97 Å². The summed E-state index contributed by atoms with van der Waals surface area (Å²) in [6.07, 6.45) is 5.20. The van der Waals surface area contributed by atoms with Crippen LogP contribution in [0.3, 0.4) is 0 Å². The van der Waals surface area contributed by atoms with Crippen molar-refractivity contribution in [2.24, 2.45) is 0 Å². The van der Waals surface area contributed by atoms with Crippen LogP contribution in [0, 0.1) is 0 Å². The standard InChI is InChI=1S/C11H20O2.C4H11NO2/c1-4-6-7-8-9-13-11(12)10(3)5-2;6-3-1-5-2-4-7/h3-9H2,1-2H3;5-7H,1-4H2. The van der Waals surface area contributed by atoms with Gasteiger partial charge in [-0.25, -0.2) is 4.79 Å². The minimum absolute atomic E-state index is 0.139. The summed E-state index contributed by atoms with van der Waals surface area (Å²) in [6, 6.07) is 0. The normalized spacial score (nSPS) is 9.60. The molecule has 0 rings (SSSR count). The highest BCUT2D eigenvalue weighted by Gasteiger charge is 2.04. The Morgan fingerprint density at radius 2 is 1.70 bits per heavy atom. The first-order valence-electron chi connectivity index (χ1n) is 7.41. The first-order chi connectivity index (χ1) is 9.63. The quantitative estimate of drug-likeness (QED) is 0.306. The first-order valence-corrected chi connectivity index (χ1v) is 7.41. The minimum atomic E-state index is -0.237. The molecule has 5 nitrogen and oxygen atoms in total. The highest BCUT2D eigenvalue weighted by atomic mass is 16.5. The van der Waals surface area contributed by atoms with E-state index in [-0.39, 0.29) is 19.2 Å². The van der Waals surface area contributed by atoms with E-state index < -0.39 is 0 Å². The van der Waals surface area contributed by atoms with Crippen molar-refractivity contribution < 1.29 is 19.7 Å². The fourth-order valence-electron chi connectivity index (χ4n) is 1.22. The first kappa shape index (κ1) is 21.4. The van der Waals surface area contributed by atoms with E-state index in [2.05, 4.69) is 18.8 Å². The Balaban J connectivity index is 0. The predicted molar refractivity (Wildman–Crippen MR) is 81.6 cm³/mol. The van der Waals surface area contributed by atoms with Gasteiger partial charge in [-0.2, -0.15) is 0 Å². The van der Waals surface area contributed by atoms with Gasteiger partial charge in [-0.15, -0.1) is 0 Å². The van der Waals surface area contributed by atoms with Crippen molar-refractivity contribution in [3.63, 3.8) is 0 Å². The molecule has 5 heteroatoms. The number of hydrogen-bond donors (Lipinski definition) is 3. The lowest BCUT2D eigenvalue weighted by atomic mass is 10.2. The van der Waals surface area contributed by atoms with E-state index in [4.69, 9.17) is 14.9 Å². The average molecular weight is 289 g/mol. The SMILES string of the molecule is C=C(CC)C(=O)OCCCCCC.OCCNCCO. The summed E-state index contributed by atoms with van der Waals surface area (Å²) in [4.78, 5) is 11.1. The summed E-state index contributed by atoms with van der Waals surface area (Å²) in [6.45, 7) is 9.63. The Kier molecular flexibility index (Phi) is 19.3. The molecule has 0 saturated carbocycles. The molecule has 0 aromatic rings. The van der Waals surface area contributed by atoms with Gasteiger partial charge in [0.25, 0.3) is 0 Å². The van der Waals surface area contributed by atoms with Gasteiger partial charge in [0.15, 0.2) is 0 Å². The van der Waals surface area contributed by atoms with E-state index >= 15 is 0 Å². The smallest absolute Gasteiger partial charge is 0.333 e. The van der Waals surface area contributed by atoms with Gasteiger partial charge in [-0.3, -0.25) is 0 Å². The Morgan fingerprint density at radius 3 is 2.15 bits per heavy atom. The lowest BCUT2D eigenvalue weighted by Gasteiger charge is -2.04. The second kappa shape index (κ2) is 18.1. The third kappa shape index (κ3) is 17.1. The highest BCUT2D eigenvalue weighted by molar-refractivity contribution is 5.87. The van der Waals surface area contributed by atoms with Crippen molar-refractivity contribution in [1.82, 2.24) is 5.32 Å². The van der Waals surface area contributed by atoms with E-state index in [1.807, 2.05) is 6.92 Å². The third-order valence-electron chi connectivity index (χ3n) is 2.52. The molecule has 0 saturated heterocycles. The molecule has 0 atom stereocenters. The van der Waals surface area contributed by atoms with E-state index in [0.717, 1.165) is 12.8 Å². The second-order valence-corrected chi connectivity index (χ2v) is 4.35. The fourth-order valence-corrected chi connectivity index (χ4v) is 1.22. The van der Waals surface area contributed by atoms with Crippen LogP contribution in [0.5, 0.6) is 0 Å². The van der Waals surface area contributed by atoms with Gasteiger partial charge in [0.1, 0.15) is 0 Å². The Labute approximate surface area is 123 Å². The van der Waals surface area contributed by atoms with Gasteiger partial charge >= 0.3 is 5.97 Å². The van der Waals surface area contributed by atoms with E-state index in [1.165, 1.54) is 12.8 Å². The maximum absolute atomic E-state index is 11.1. The van der Waals surface area contributed by atoms with Crippen molar-refractivity contribution in [2.75, 3.05) is 32.9 Å². The van der Waals surface area contributed by atoms with E-state index in [9.17, 15) is 4.79 Å². The van der Waals surface area contributed by atoms with Gasteiger partial charge in [0.2, 0.25) is 0 Å². The third-order valence-corrected chi connectivity index (χ3v) is 2.52. The Bertz CT molecular complexity index is 228. The molecule has 0 aromatic heterocycles. The van der Waals surface area contributed by atoms with Crippen LogP contribution in [0.1, 0.15) is 46.0 Å². The minimum Gasteiger partial charge on any atom is -0.462 e. The summed E-state index contributed by atoms with van der Waals surface area (Å²) in [5.41, 5.74) is 0.565. The molecule has 0 spiro atoms. The molecule has 0 aliphatic carbocycles. The number of esters is 1. The highest BCUT2D eigenvalue weighted by Crippen LogP contribution is 2.03. The predicted octanol–water partition coefficient (Wildman–Crippen LogP) is 1.64. The van der Waals surface area contributed by atoms with Crippen LogP contribution in [-0.2, 0) is 9.53 Å². The molecule has 0 bridgehead atoms. The van der Waals surface area contributed by atoms with Crippen LogP contribution in [-0.4, -0.2) is 49.1 Å². The molecule has 20 heavy (non-hydrogen) atoms. The molecular formula is C15H31NO4. The molecular weight excluding hydrogens is 258 g/mol. The number of ether oxygens (including phenoxy) is 1. The zero-order chi connectivity index (χ0) is 15.6. The molecule has 0 aromatic carbocycles. The molecule has 0 amide bonds. The fraction of sp³-hybridized carbons (Fsp3) is 0.800. The number of rotatable bonds is 11. The van der Waals surface area contributed by atoms with Crippen LogP contribution >= 0.6 is 0 Å². The maximum Gasteiger partial charge on any atom is 0.333 e. The summed E-state index contributed by atoms with van der Waals surface area (Å²) in [5, 5.41) is 19.1. The summed E-state index contributed by atoms with van der Waals surface area (Å²) in [7, 11) is 0. The zero-order valence-corrected chi connectivity index (χ0v) is 13.0. The average Bonchev–Trinajstić information content (AvgIpc) is 2.47. The van der Waals surface area contributed by atoms with Crippen molar-refractivity contribution in [1.29, 1.82) is 0 Å². The van der Waals surface area contributed by atoms with E-state index in [0.29, 0.717) is 31.7 Å². The number of hydrogen-bond acceptors (Lipinski definition) is 5. The molecule has 0 radical (unpaired) electrons. The molecule has 0 aliphatic rings. The number of carbonyl (C=O) groups is 1. The Morgan fingerprint density at radius 1 is 1.10 bits per heavy atom. The number of nitrogens with one attached hydrogen (secondary N) is 1.